The molecule has 0 radical (unpaired) electrons. The van der Waals surface area contributed by atoms with Crippen LogP contribution in [0.2, 0.25) is 5.02 Å². The van der Waals surface area contributed by atoms with Crippen LogP contribution in [0.4, 0.5) is 0 Å². The van der Waals surface area contributed by atoms with E-state index >= 15 is 0 Å². The molecule has 0 saturated carbocycles. The van der Waals surface area contributed by atoms with Crippen molar-refractivity contribution in [1.29, 1.82) is 0 Å². The molecule has 1 amide bonds. The van der Waals surface area contributed by atoms with E-state index in [-0.39, 0.29) is 11.3 Å². The molecule has 2 fully saturated rings. The molecule has 0 N–H and O–H groups in total. The lowest BCUT2D eigenvalue weighted by molar-refractivity contribution is -0.206. The van der Waals surface area contributed by atoms with Gasteiger partial charge in [0, 0.05) is 16.0 Å². The highest BCUT2D eigenvalue weighted by atomic mass is 35.5. The van der Waals surface area contributed by atoms with Crippen LogP contribution in [0.1, 0.15) is 16.5 Å². The second kappa shape index (κ2) is 5.34. The predicted molar refractivity (Wildman–Crippen MR) is 97.4 cm³/mol. The topological polar surface area (TPSA) is 32.8 Å². The van der Waals surface area contributed by atoms with Crippen LogP contribution in [0.15, 0.2) is 65.9 Å². The first-order valence-corrected chi connectivity index (χ1v) is 9.51. The summed E-state index contributed by atoms with van der Waals surface area (Å²) >= 11 is 14.0. The standard InChI is InChI=1S/C18H12Cl2N2O2S/c19-13-8-6-12(7-9-13)18-15(20)16(23)22(18)21-14(24-18)10-25-17(21)11-4-2-1-3-5-11/h1-10,15,17H/t15-,17+,18-/m1/s1. The Morgan fingerprint density at radius 3 is 2.52 bits per heavy atom. The quantitative estimate of drug-likeness (QED) is 0.560. The molecule has 3 atom stereocenters. The number of hydrazine groups is 1. The number of β-lactam (4-membered cyclic amide) rings is 1. The molecule has 2 saturated heterocycles. The van der Waals surface area contributed by atoms with Crippen molar-refractivity contribution in [3.05, 3.63) is 82.0 Å². The number of carbonyl (C=O) groups is 1. The lowest BCUT2D eigenvalue weighted by Crippen LogP contribution is -2.70. The Morgan fingerprint density at radius 1 is 1.08 bits per heavy atom. The van der Waals surface area contributed by atoms with Crippen LogP contribution in [0.3, 0.4) is 0 Å². The van der Waals surface area contributed by atoms with E-state index in [1.165, 1.54) is 0 Å². The van der Waals surface area contributed by atoms with Crippen LogP contribution in [0.25, 0.3) is 0 Å². The summed E-state index contributed by atoms with van der Waals surface area (Å²) in [5, 5.41) is 5.26. The Bertz CT molecular complexity index is 890. The van der Waals surface area contributed by atoms with Gasteiger partial charge in [0.05, 0.1) is 0 Å². The van der Waals surface area contributed by atoms with Gasteiger partial charge in [0.15, 0.2) is 5.38 Å². The van der Waals surface area contributed by atoms with Crippen molar-refractivity contribution in [3.8, 4) is 0 Å². The second-order valence-electron chi connectivity index (χ2n) is 6.02. The number of halogens is 2. The largest absolute Gasteiger partial charge is 0.442 e. The Hall–Kier alpha value is -1.82. The van der Waals surface area contributed by atoms with Gasteiger partial charge in [-0.2, -0.15) is 5.01 Å². The summed E-state index contributed by atoms with van der Waals surface area (Å²) in [4.78, 5) is 12.6. The number of hydrogen-bond donors (Lipinski definition) is 0. The highest BCUT2D eigenvalue weighted by Crippen LogP contribution is 2.60. The summed E-state index contributed by atoms with van der Waals surface area (Å²) in [6.07, 6.45) is 0. The van der Waals surface area contributed by atoms with Crippen molar-refractivity contribution in [3.63, 3.8) is 0 Å². The number of hydrogen-bond acceptors (Lipinski definition) is 4. The molecule has 2 aromatic carbocycles. The minimum absolute atomic E-state index is 0.0570. The third-order valence-corrected chi connectivity index (χ3v) is 6.45. The fourth-order valence-corrected chi connectivity index (χ4v) is 4.99. The number of ether oxygens (including phenoxy) is 1. The van der Waals surface area contributed by atoms with Gasteiger partial charge in [0.2, 0.25) is 5.88 Å². The van der Waals surface area contributed by atoms with Crippen LogP contribution < -0.4 is 0 Å². The van der Waals surface area contributed by atoms with Crippen molar-refractivity contribution in [2.45, 2.75) is 16.5 Å². The molecule has 0 bridgehead atoms. The zero-order chi connectivity index (χ0) is 17.2. The van der Waals surface area contributed by atoms with Crippen LogP contribution >= 0.6 is 35.0 Å². The smallest absolute Gasteiger partial charge is 0.269 e. The highest BCUT2D eigenvalue weighted by molar-refractivity contribution is 8.02. The van der Waals surface area contributed by atoms with Gasteiger partial charge < -0.3 is 4.74 Å². The molecule has 7 heteroatoms. The molecule has 4 nitrogen and oxygen atoms in total. The maximum atomic E-state index is 12.6. The third kappa shape index (κ3) is 1.94. The maximum Gasteiger partial charge on any atom is 0.269 e. The highest BCUT2D eigenvalue weighted by Gasteiger charge is 2.72. The number of benzene rings is 2. The van der Waals surface area contributed by atoms with Crippen LogP contribution in [0, 0.1) is 0 Å². The number of nitrogens with zero attached hydrogens (tertiary/aromatic N) is 2. The van der Waals surface area contributed by atoms with E-state index in [1.54, 1.807) is 28.9 Å². The predicted octanol–water partition coefficient (Wildman–Crippen LogP) is 4.43. The van der Waals surface area contributed by atoms with E-state index in [2.05, 4.69) is 0 Å². The molecule has 3 aliphatic heterocycles. The summed E-state index contributed by atoms with van der Waals surface area (Å²) in [5.74, 6) is 0.480. The molecule has 0 aromatic heterocycles. The van der Waals surface area contributed by atoms with Crippen LogP contribution in [-0.4, -0.2) is 21.3 Å². The van der Waals surface area contributed by atoms with Crippen molar-refractivity contribution in [2.75, 3.05) is 0 Å². The van der Waals surface area contributed by atoms with E-state index < -0.39 is 11.1 Å². The van der Waals surface area contributed by atoms with E-state index in [0.717, 1.165) is 11.1 Å². The van der Waals surface area contributed by atoms with Crippen molar-refractivity contribution < 1.29 is 9.53 Å². The first-order valence-electron chi connectivity index (χ1n) is 7.76. The summed E-state index contributed by atoms with van der Waals surface area (Å²) in [6.45, 7) is 0. The number of carbonyl (C=O) groups excluding carboxylic acids is 1. The monoisotopic (exact) mass is 390 g/mol. The number of thioether (sulfide) groups is 1. The lowest BCUT2D eigenvalue weighted by atomic mass is 9.90. The molecular formula is C18H12Cl2N2O2S. The van der Waals surface area contributed by atoms with Gasteiger partial charge >= 0.3 is 0 Å². The van der Waals surface area contributed by atoms with Gasteiger partial charge in [-0.1, -0.05) is 65.8 Å². The molecule has 25 heavy (non-hydrogen) atoms. The first kappa shape index (κ1) is 15.4. The zero-order valence-corrected chi connectivity index (χ0v) is 15.1. The van der Waals surface area contributed by atoms with Crippen molar-refractivity contribution >= 4 is 40.9 Å². The Kier molecular flexibility index (Phi) is 3.29. The van der Waals surface area contributed by atoms with Crippen molar-refractivity contribution in [1.82, 2.24) is 10.0 Å². The molecule has 3 aliphatic rings. The minimum atomic E-state index is -1.01. The van der Waals surface area contributed by atoms with E-state index in [1.807, 2.05) is 52.9 Å². The molecule has 5 rings (SSSR count). The summed E-state index contributed by atoms with van der Waals surface area (Å²) in [5.41, 5.74) is 0.895. The fourth-order valence-electron chi connectivity index (χ4n) is 3.48. The summed E-state index contributed by atoms with van der Waals surface area (Å²) in [6, 6.07) is 17.3. The van der Waals surface area contributed by atoms with Gasteiger partial charge in [-0.25, -0.2) is 5.01 Å². The number of fused-ring (bicyclic) bond motifs is 3. The van der Waals surface area contributed by atoms with Gasteiger partial charge in [-0.15, -0.1) is 11.6 Å². The molecule has 2 aromatic rings. The third-order valence-electron chi connectivity index (χ3n) is 4.65. The average Bonchev–Trinajstić information content (AvgIpc) is 3.17. The average molecular weight is 391 g/mol. The number of rotatable bonds is 2. The zero-order valence-electron chi connectivity index (χ0n) is 12.8. The van der Waals surface area contributed by atoms with Gasteiger partial charge in [-0.05, 0) is 17.7 Å². The van der Waals surface area contributed by atoms with E-state index in [9.17, 15) is 4.79 Å². The van der Waals surface area contributed by atoms with Crippen molar-refractivity contribution in [2.24, 2.45) is 0 Å². The fraction of sp³-hybridized carbons (Fsp3) is 0.167. The molecular weight excluding hydrogens is 379 g/mol. The molecule has 3 heterocycles. The lowest BCUT2D eigenvalue weighted by Gasteiger charge is -2.50. The summed E-state index contributed by atoms with van der Waals surface area (Å²) < 4.78 is 6.23. The first-order chi connectivity index (χ1) is 12.1. The second-order valence-corrected chi connectivity index (χ2v) is 7.85. The molecule has 0 aliphatic carbocycles. The Balaban J connectivity index is 1.59. The van der Waals surface area contributed by atoms with Crippen LogP contribution in [0.5, 0.6) is 0 Å². The Labute approximate surface area is 158 Å². The number of amides is 1. The van der Waals surface area contributed by atoms with E-state index in [4.69, 9.17) is 27.9 Å². The maximum absolute atomic E-state index is 12.6. The molecule has 0 unspecified atom stereocenters. The SMILES string of the molecule is O=C1[C@@H](Cl)[C@@]2(c3ccc(Cl)cc3)OC3=CS[C@@H](c4ccccc4)N3N12. The van der Waals surface area contributed by atoms with Gasteiger partial charge in [0.1, 0.15) is 5.37 Å². The number of alkyl halides is 1. The summed E-state index contributed by atoms with van der Waals surface area (Å²) in [7, 11) is 0. The van der Waals surface area contributed by atoms with Gasteiger partial charge in [0.25, 0.3) is 11.6 Å². The van der Waals surface area contributed by atoms with E-state index in [0.29, 0.717) is 10.9 Å². The van der Waals surface area contributed by atoms with Gasteiger partial charge in [-0.3, -0.25) is 4.79 Å². The normalized spacial score (nSPS) is 29.7. The molecule has 0 spiro atoms. The molecule has 126 valence electrons. The Morgan fingerprint density at radius 2 is 1.80 bits per heavy atom. The van der Waals surface area contributed by atoms with Crippen LogP contribution in [-0.2, 0) is 15.3 Å². The minimum Gasteiger partial charge on any atom is -0.442 e.